The third-order valence-electron chi connectivity index (χ3n) is 2.95. The van der Waals surface area contributed by atoms with Crippen LogP contribution < -0.4 is 9.47 Å². The Bertz CT molecular complexity index is 588. The van der Waals surface area contributed by atoms with E-state index in [2.05, 4.69) is 29.8 Å². The number of hydrogen-bond acceptors (Lipinski definition) is 3. The van der Waals surface area contributed by atoms with Crippen molar-refractivity contribution in [1.29, 1.82) is 0 Å². The average molecular weight is 349 g/mol. The minimum absolute atomic E-state index is 0.117. The Morgan fingerprint density at radius 3 is 2.14 bits per heavy atom. The van der Waals surface area contributed by atoms with Gasteiger partial charge >= 0.3 is 5.97 Å². The highest BCUT2D eigenvalue weighted by molar-refractivity contribution is 9.10. The molecular weight excluding hydrogens is 332 g/mol. The van der Waals surface area contributed by atoms with E-state index in [9.17, 15) is 4.79 Å². The first kappa shape index (κ1) is 15.6. The topological polar surface area (TPSA) is 35.5 Å². The minimum Gasteiger partial charge on any atom is -0.482 e. The van der Waals surface area contributed by atoms with Crippen molar-refractivity contribution in [3.05, 3.63) is 58.6 Å². The van der Waals surface area contributed by atoms with Crippen LogP contribution in [0.5, 0.6) is 11.5 Å². The number of halogens is 1. The first-order chi connectivity index (χ1) is 10.0. The van der Waals surface area contributed by atoms with Gasteiger partial charge in [-0.25, -0.2) is 4.79 Å². The van der Waals surface area contributed by atoms with Crippen molar-refractivity contribution in [1.82, 2.24) is 0 Å². The van der Waals surface area contributed by atoms with E-state index in [0.29, 0.717) is 17.4 Å². The number of ether oxygens (including phenoxy) is 2. The fourth-order valence-electron chi connectivity index (χ4n) is 1.75. The highest BCUT2D eigenvalue weighted by Gasteiger charge is 2.07. The Morgan fingerprint density at radius 2 is 1.57 bits per heavy atom. The van der Waals surface area contributed by atoms with Gasteiger partial charge in [0, 0.05) is 4.47 Å². The van der Waals surface area contributed by atoms with E-state index in [1.165, 1.54) is 5.56 Å². The molecule has 4 heteroatoms. The van der Waals surface area contributed by atoms with Gasteiger partial charge in [0.25, 0.3) is 0 Å². The van der Waals surface area contributed by atoms with Crippen molar-refractivity contribution in [2.45, 2.75) is 19.8 Å². The molecule has 21 heavy (non-hydrogen) atoms. The molecule has 0 saturated carbocycles. The van der Waals surface area contributed by atoms with Crippen LogP contribution in [0.15, 0.2) is 53.0 Å². The largest absolute Gasteiger partial charge is 0.482 e. The standard InChI is InChI=1S/C17H17BrO3/c1-12(2)13-3-7-16(8-4-13)21-17(19)11-20-15-9-5-14(18)6-10-15/h3-10,12H,11H2,1-2H3. The molecule has 2 aromatic carbocycles. The normalized spacial score (nSPS) is 10.5. The van der Waals surface area contributed by atoms with E-state index in [-0.39, 0.29) is 6.61 Å². The second kappa shape index (κ2) is 7.27. The van der Waals surface area contributed by atoms with Gasteiger partial charge in [0.15, 0.2) is 6.61 Å². The molecule has 0 spiro atoms. The van der Waals surface area contributed by atoms with Gasteiger partial charge in [-0.15, -0.1) is 0 Å². The van der Waals surface area contributed by atoms with Gasteiger partial charge in [-0.2, -0.15) is 0 Å². The second-order valence-corrected chi connectivity index (χ2v) is 5.86. The summed E-state index contributed by atoms with van der Waals surface area (Å²) in [5.41, 5.74) is 1.21. The Kier molecular flexibility index (Phi) is 5.39. The van der Waals surface area contributed by atoms with E-state index >= 15 is 0 Å². The first-order valence-electron chi connectivity index (χ1n) is 6.73. The summed E-state index contributed by atoms with van der Waals surface area (Å²) in [4.78, 5) is 11.7. The van der Waals surface area contributed by atoms with E-state index in [4.69, 9.17) is 9.47 Å². The number of carbonyl (C=O) groups is 1. The van der Waals surface area contributed by atoms with Crippen LogP contribution in [0.3, 0.4) is 0 Å². The maximum atomic E-state index is 11.7. The van der Waals surface area contributed by atoms with Gasteiger partial charge in [0.05, 0.1) is 0 Å². The van der Waals surface area contributed by atoms with Crippen molar-refractivity contribution in [2.75, 3.05) is 6.61 Å². The molecule has 0 bridgehead atoms. The predicted octanol–water partition coefficient (Wildman–Crippen LogP) is 4.56. The third kappa shape index (κ3) is 4.90. The van der Waals surface area contributed by atoms with Crippen LogP contribution in [-0.4, -0.2) is 12.6 Å². The zero-order chi connectivity index (χ0) is 15.2. The molecule has 0 amide bonds. The van der Waals surface area contributed by atoms with Gasteiger partial charge in [-0.1, -0.05) is 41.9 Å². The molecule has 0 heterocycles. The maximum Gasteiger partial charge on any atom is 0.349 e. The smallest absolute Gasteiger partial charge is 0.349 e. The summed E-state index contributed by atoms with van der Waals surface area (Å²) in [7, 11) is 0. The molecule has 2 rings (SSSR count). The Labute approximate surface area is 133 Å². The van der Waals surface area contributed by atoms with Gasteiger partial charge in [-0.3, -0.25) is 0 Å². The molecule has 0 aliphatic carbocycles. The predicted molar refractivity (Wildman–Crippen MR) is 85.8 cm³/mol. The number of hydrogen-bond donors (Lipinski definition) is 0. The average Bonchev–Trinajstić information content (AvgIpc) is 2.47. The summed E-state index contributed by atoms with van der Waals surface area (Å²) in [5.74, 6) is 1.19. The lowest BCUT2D eigenvalue weighted by molar-refractivity contribution is -0.136. The van der Waals surface area contributed by atoms with Crippen LogP contribution in [0.4, 0.5) is 0 Å². The van der Waals surface area contributed by atoms with Crippen molar-refractivity contribution in [3.63, 3.8) is 0 Å². The van der Waals surface area contributed by atoms with Crippen LogP contribution in [-0.2, 0) is 4.79 Å². The monoisotopic (exact) mass is 348 g/mol. The molecule has 0 radical (unpaired) electrons. The zero-order valence-electron chi connectivity index (χ0n) is 12.0. The number of rotatable bonds is 5. The molecule has 0 aliphatic heterocycles. The van der Waals surface area contributed by atoms with Gasteiger partial charge < -0.3 is 9.47 Å². The highest BCUT2D eigenvalue weighted by Crippen LogP contribution is 2.19. The number of benzene rings is 2. The Morgan fingerprint density at radius 1 is 1.00 bits per heavy atom. The first-order valence-corrected chi connectivity index (χ1v) is 7.53. The van der Waals surface area contributed by atoms with Gasteiger partial charge in [-0.05, 0) is 47.9 Å². The van der Waals surface area contributed by atoms with Crippen molar-refractivity contribution >= 4 is 21.9 Å². The summed E-state index contributed by atoms with van der Waals surface area (Å²) < 4.78 is 11.5. The van der Waals surface area contributed by atoms with E-state index in [0.717, 1.165) is 4.47 Å². The molecule has 3 nitrogen and oxygen atoms in total. The molecule has 0 unspecified atom stereocenters. The second-order valence-electron chi connectivity index (χ2n) is 4.94. The summed E-state index contributed by atoms with van der Waals surface area (Å²) in [5, 5.41) is 0. The summed E-state index contributed by atoms with van der Waals surface area (Å²) in [6.45, 7) is 4.12. The fourth-order valence-corrected chi connectivity index (χ4v) is 2.02. The lowest BCUT2D eigenvalue weighted by Gasteiger charge is -2.08. The third-order valence-corrected chi connectivity index (χ3v) is 3.48. The maximum absolute atomic E-state index is 11.7. The van der Waals surface area contributed by atoms with E-state index in [1.807, 2.05) is 24.3 Å². The van der Waals surface area contributed by atoms with Crippen LogP contribution >= 0.6 is 15.9 Å². The number of carbonyl (C=O) groups excluding carboxylic acids is 1. The van der Waals surface area contributed by atoms with Crippen LogP contribution in [0.1, 0.15) is 25.3 Å². The summed E-state index contributed by atoms with van der Waals surface area (Å²) >= 11 is 3.34. The SMILES string of the molecule is CC(C)c1ccc(OC(=O)COc2ccc(Br)cc2)cc1. The minimum atomic E-state index is -0.421. The van der Waals surface area contributed by atoms with E-state index < -0.39 is 5.97 Å². The molecule has 0 fully saturated rings. The summed E-state index contributed by atoms with van der Waals surface area (Å²) in [6.07, 6.45) is 0. The molecule has 0 aliphatic rings. The highest BCUT2D eigenvalue weighted by atomic mass is 79.9. The van der Waals surface area contributed by atoms with Crippen LogP contribution in [0.2, 0.25) is 0 Å². The lowest BCUT2D eigenvalue weighted by Crippen LogP contribution is -2.17. The van der Waals surface area contributed by atoms with Gasteiger partial charge in [0.1, 0.15) is 11.5 Å². The molecule has 0 N–H and O–H groups in total. The molecular formula is C17H17BrO3. The van der Waals surface area contributed by atoms with Gasteiger partial charge in [0.2, 0.25) is 0 Å². The number of esters is 1. The van der Waals surface area contributed by atoms with E-state index in [1.54, 1.807) is 24.3 Å². The van der Waals surface area contributed by atoms with Crippen molar-refractivity contribution in [2.24, 2.45) is 0 Å². The summed E-state index contributed by atoms with van der Waals surface area (Å²) in [6, 6.07) is 14.8. The molecule has 110 valence electrons. The quantitative estimate of drug-likeness (QED) is 0.587. The van der Waals surface area contributed by atoms with Crippen LogP contribution in [0, 0.1) is 0 Å². The molecule has 0 atom stereocenters. The lowest BCUT2D eigenvalue weighted by atomic mass is 10.0. The van der Waals surface area contributed by atoms with Crippen molar-refractivity contribution < 1.29 is 14.3 Å². The molecule has 0 aromatic heterocycles. The zero-order valence-corrected chi connectivity index (χ0v) is 13.6. The van der Waals surface area contributed by atoms with Crippen molar-refractivity contribution in [3.8, 4) is 11.5 Å². The fraction of sp³-hybridized carbons (Fsp3) is 0.235. The molecule has 0 saturated heterocycles. The Balaban J connectivity index is 1.85. The van der Waals surface area contributed by atoms with Crippen LogP contribution in [0.25, 0.3) is 0 Å². The molecule has 2 aromatic rings. The Hall–Kier alpha value is -1.81.